The Bertz CT molecular complexity index is 967. The average molecular weight is 393 g/mol. The zero-order valence-corrected chi connectivity index (χ0v) is 15.0. The number of benzene rings is 2. The van der Waals surface area contributed by atoms with E-state index in [1.54, 1.807) is 0 Å². The Balaban J connectivity index is 1.75. The molecule has 2 aromatic rings. The van der Waals surface area contributed by atoms with Crippen LogP contribution in [-0.4, -0.2) is 37.9 Å². The number of nitrogens with one attached hydrogen (secondary N) is 1. The van der Waals surface area contributed by atoms with Crippen LogP contribution >= 0.6 is 0 Å². The molecule has 0 saturated carbocycles. The van der Waals surface area contributed by atoms with E-state index < -0.39 is 27.6 Å². The molecule has 2 aromatic carbocycles. The highest BCUT2D eigenvalue weighted by Crippen LogP contribution is 2.21. The Labute approximate surface area is 155 Å². The summed E-state index contributed by atoms with van der Waals surface area (Å²) in [6.07, 6.45) is 2.47. The minimum absolute atomic E-state index is 0.0150. The third-order valence-corrected chi connectivity index (χ3v) is 6.05. The van der Waals surface area contributed by atoms with Crippen LogP contribution in [0, 0.1) is 11.6 Å². The summed E-state index contributed by atoms with van der Waals surface area (Å²) >= 11 is 0. The molecule has 1 aliphatic heterocycles. The molecule has 27 heavy (non-hydrogen) atoms. The van der Waals surface area contributed by atoms with Gasteiger partial charge in [0, 0.05) is 18.7 Å². The van der Waals surface area contributed by atoms with Gasteiger partial charge in [-0.05, 0) is 43.2 Å². The molecule has 0 atom stereocenters. The van der Waals surface area contributed by atoms with Crippen molar-refractivity contribution in [3.05, 3.63) is 65.2 Å². The fourth-order valence-electron chi connectivity index (χ4n) is 2.73. The molecule has 0 aliphatic carbocycles. The topological polar surface area (TPSA) is 78.8 Å². The van der Waals surface area contributed by atoms with Crippen molar-refractivity contribution in [1.29, 1.82) is 0 Å². The zero-order chi connectivity index (χ0) is 19.4. The van der Waals surface area contributed by atoms with Crippen molar-refractivity contribution in [3.8, 4) is 0 Å². The summed E-state index contributed by atoms with van der Waals surface area (Å²) in [4.78, 5) is 12.2. The Morgan fingerprint density at radius 2 is 1.70 bits per heavy atom. The van der Waals surface area contributed by atoms with Crippen molar-refractivity contribution in [2.24, 2.45) is 5.10 Å². The van der Waals surface area contributed by atoms with E-state index in [9.17, 15) is 22.0 Å². The first-order valence-electron chi connectivity index (χ1n) is 8.27. The lowest BCUT2D eigenvalue weighted by Crippen LogP contribution is -2.28. The molecule has 142 valence electrons. The van der Waals surface area contributed by atoms with E-state index in [4.69, 9.17) is 0 Å². The quantitative estimate of drug-likeness (QED) is 0.626. The van der Waals surface area contributed by atoms with Gasteiger partial charge in [0.1, 0.15) is 11.6 Å². The summed E-state index contributed by atoms with van der Waals surface area (Å²) in [5, 5.41) is 3.54. The maximum absolute atomic E-state index is 13.5. The van der Waals surface area contributed by atoms with Gasteiger partial charge in [-0.2, -0.15) is 9.41 Å². The van der Waals surface area contributed by atoms with Crippen LogP contribution in [0.25, 0.3) is 0 Å². The van der Waals surface area contributed by atoms with Crippen molar-refractivity contribution in [3.63, 3.8) is 0 Å². The molecule has 0 unspecified atom stereocenters. The van der Waals surface area contributed by atoms with E-state index >= 15 is 0 Å². The van der Waals surface area contributed by atoms with Gasteiger partial charge >= 0.3 is 0 Å². The van der Waals surface area contributed by atoms with Gasteiger partial charge in [-0.1, -0.05) is 12.1 Å². The summed E-state index contributed by atoms with van der Waals surface area (Å²) in [7, 11) is -3.65. The standard InChI is InChI=1S/C18H17F2N3O3S/c19-16-7-4-8-17(20)15(16)12-21-22-18(24)13-5-3-6-14(11-13)27(25,26)23-9-1-2-10-23/h3-8,11-12H,1-2,9-10H2,(H,22,24). The monoisotopic (exact) mass is 393 g/mol. The van der Waals surface area contributed by atoms with Crippen molar-refractivity contribution >= 4 is 22.1 Å². The summed E-state index contributed by atoms with van der Waals surface area (Å²) in [5.41, 5.74) is 1.82. The summed E-state index contributed by atoms with van der Waals surface area (Å²) in [6, 6.07) is 8.91. The molecule has 6 nitrogen and oxygen atoms in total. The first kappa shape index (κ1) is 19.1. The predicted octanol–water partition coefficient (Wildman–Crippen LogP) is 2.51. The third kappa shape index (κ3) is 4.20. The third-order valence-electron chi connectivity index (χ3n) is 4.16. The largest absolute Gasteiger partial charge is 0.271 e. The minimum atomic E-state index is -3.65. The summed E-state index contributed by atoms with van der Waals surface area (Å²) < 4.78 is 53.5. The molecule has 9 heteroatoms. The number of rotatable bonds is 5. The molecule has 0 bridgehead atoms. The molecule has 0 aromatic heterocycles. The molecule has 1 amide bonds. The number of hydrogen-bond acceptors (Lipinski definition) is 4. The molecule has 1 heterocycles. The SMILES string of the molecule is O=C(NN=Cc1c(F)cccc1F)c1cccc(S(=O)(=O)N2CCCC2)c1. The van der Waals surface area contributed by atoms with Gasteiger partial charge in [0.25, 0.3) is 5.91 Å². The zero-order valence-electron chi connectivity index (χ0n) is 14.2. The molecule has 0 radical (unpaired) electrons. The molecular weight excluding hydrogens is 376 g/mol. The number of carbonyl (C=O) groups excluding carboxylic acids is 1. The smallest absolute Gasteiger partial charge is 0.267 e. The van der Waals surface area contributed by atoms with Crippen LogP contribution in [0.3, 0.4) is 0 Å². The van der Waals surface area contributed by atoms with E-state index in [0.29, 0.717) is 13.1 Å². The first-order valence-corrected chi connectivity index (χ1v) is 9.71. The number of sulfonamides is 1. The average Bonchev–Trinajstić information content (AvgIpc) is 3.20. The first-order chi connectivity index (χ1) is 12.9. The molecule has 0 spiro atoms. The predicted molar refractivity (Wildman–Crippen MR) is 95.9 cm³/mol. The van der Waals surface area contributed by atoms with Crippen molar-refractivity contribution in [1.82, 2.24) is 9.73 Å². The number of hydrogen-bond donors (Lipinski definition) is 1. The van der Waals surface area contributed by atoms with Gasteiger partial charge in [0.2, 0.25) is 10.0 Å². The van der Waals surface area contributed by atoms with E-state index in [1.807, 2.05) is 0 Å². The molecule has 1 aliphatic rings. The fraction of sp³-hybridized carbons (Fsp3) is 0.222. The van der Waals surface area contributed by atoms with Crippen LogP contribution in [0.4, 0.5) is 8.78 Å². The Kier molecular flexibility index (Phi) is 5.62. The van der Waals surface area contributed by atoms with Gasteiger partial charge < -0.3 is 0 Å². The number of halogens is 2. The van der Waals surface area contributed by atoms with Crippen LogP contribution in [0.1, 0.15) is 28.8 Å². The van der Waals surface area contributed by atoms with Crippen molar-refractivity contribution < 1.29 is 22.0 Å². The Morgan fingerprint density at radius 1 is 1.07 bits per heavy atom. The van der Waals surface area contributed by atoms with Crippen LogP contribution in [0.5, 0.6) is 0 Å². The maximum atomic E-state index is 13.5. The number of nitrogens with zero attached hydrogens (tertiary/aromatic N) is 2. The minimum Gasteiger partial charge on any atom is -0.267 e. The van der Waals surface area contributed by atoms with E-state index in [1.165, 1.54) is 34.6 Å². The maximum Gasteiger partial charge on any atom is 0.271 e. The van der Waals surface area contributed by atoms with Gasteiger partial charge in [0.15, 0.2) is 0 Å². The highest BCUT2D eigenvalue weighted by Gasteiger charge is 2.27. The molecule has 1 fully saturated rings. The Hall–Kier alpha value is -2.65. The second-order valence-corrected chi connectivity index (χ2v) is 7.91. The lowest BCUT2D eigenvalue weighted by molar-refractivity contribution is 0.0955. The number of amides is 1. The van der Waals surface area contributed by atoms with Crippen LogP contribution in [0.2, 0.25) is 0 Å². The summed E-state index contributed by atoms with van der Waals surface area (Å²) in [5.74, 6) is -2.32. The van der Waals surface area contributed by atoms with Crippen LogP contribution < -0.4 is 5.43 Å². The highest BCUT2D eigenvalue weighted by molar-refractivity contribution is 7.89. The lowest BCUT2D eigenvalue weighted by Gasteiger charge is -2.15. The Morgan fingerprint density at radius 3 is 2.37 bits per heavy atom. The molecular formula is C18H17F2N3O3S. The summed E-state index contributed by atoms with van der Waals surface area (Å²) in [6.45, 7) is 0.911. The van der Waals surface area contributed by atoms with E-state index in [2.05, 4.69) is 10.5 Å². The van der Waals surface area contributed by atoms with Crippen molar-refractivity contribution in [2.75, 3.05) is 13.1 Å². The van der Waals surface area contributed by atoms with Crippen LogP contribution in [0.15, 0.2) is 52.5 Å². The fourth-order valence-corrected chi connectivity index (χ4v) is 4.29. The van der Waals surface area contributed by atoms with Crippen molar-refractivity contribution in [2.45, 2.75) is 17.7 Å². The highest BCUT2D eigenvalue weighted by atomic mass is 32.2. The molecule has 1 saturated heterocycles. The molecule has 3 rings (SSSR count). The molecule has 1 N–H and O–H groups in total. The van der Waals surface area contributed by atoms with E-state index in [0.717, 1.165) is 31.2 Å². The van der Waals surface area contributed by atoms with E-state index in [-0.39, 0.29) is 16.0 Å². The van der Waals surface area contributed by atoms with Crippen LogP contribution in [-0.2, 0) is 10.0 Å². The second-order valence-electron chi connectivity index (χ2n) is 5.97. The van der Waals surface area contributed by atoms with Gasteiger partial charge in [-0.15, -0.1) is 0 Å². The number of hydrazone groups is 1. The van der Waals surface area contributed by atoms with Gasteiger partial charge in [0.05, 0.1) is 16.7 Å². The van der Waals surface area contributed by atoms with Gasteiger partial charge in [-0.25, -0.2) is 22.6 Å². The number of carbonyl (C=O) groups is 1. The normalized spacial score (nSPS) is 15.3. The van der Waals surface area contributed by atoms with Gasteiger partial charge in [-0.3, -0.25) is 4.79 Å². The lowest BCUT2D eigenvalue weighted by atomic mass is 10.2. The second kappa shape index (κ2) is 7.93.